The number of hydrogen-bond acceptors (Lipinski definition) is 4. The van der Waals surface area contributed by atoms with Crippen molar-refractivity contribution in [1.29, 1.82) is 0 Å². The molecule has 0 aliphatic heterocycles. The lowest BCUT2D eigenvalue weighted by atomic mass is 9.54. The SMILES string of the molecule is CCOC1CC(N)(C(=O)Nc2cncc(C)c2)C1(C)C. The first-order valence-electron chi connectivity index (χ1n) is 6.95. The minimum Gasteiger partial charge on any atom is -0.378 e. The highest BCUT2D eigenvalue weighted by molar-refractivity contribution is 5.99. The molecule has 0 saturated heterocycles. The Kier molecular flexibility index (Phi) is 3.84. The van der Waals surface area contributed by atoms with E-state index in [0.717, 1.165) is 5.56 Å². The van der Waals surface area contributed by atoms with Crippen molar-refractivity contribution >= 4 is 11.6 Å². The topological polar surface area (TPSA) is 77.2 Å². The number of amides is 1. The third kappa shape index (κ3) is 2.31. The van der Waals surface area contributed by atoms with Gasteiger partial charge in [0.15, 0.2) is 0 Å². The fourth-order valence-electron chi connectivity index (χ4n) is 2.69. The zero-order chi connectivity index (χ0) is 15.0. The lowest BCUT2D eigenvalue weighted by Gasteiger charge is -2.57. The lowest BCUT2D eigenvalue weighted by molar-refractivity contribution is -0.166. The fraction of sp³-hybridized carbons (Fsp3) is 0.600. The van der Waals surface area contributed by atoms with Gasteiger partial charge in [0.2, 0.25) is 5.91 Å². The predicted molar refractivity (Wildman–Crippen MR) is 78.3 cm³/mol. The molecule has 0 spiro atoms. The molecule has 1 amide bonds. The van der Waals surface area contributed by atoms with Crippen LogP contribution in [-0.4, -0.2) is 29.1 Å². The number of nitrogens with two attached hydrogens (primary N) is 1. The summed E-state index contributed by atoms with van der Waals surface area (Å²) in [5.74, 6) is -0.175. The van der Waals surface area contributed by atoms with Gasteiger partial charge in [-0.2, -0.15) is 0 Å². The number of hydrogen-bond donors (Lipinski definition) is 2. The van der Waals surface area contributed by atoms with Gasteiger partial charge in [-0.05, 0) is 25.5 Å². The fourth-order valence-corrected chi connectivity index (χ4v) is 2.69. The molecule has 1 aliphatic rings. The molecule has 2 rings (SSSR count). The van der Waals surface area contributed by atoms with Gasteiger partial charge in [0.1, 0.15) is 5.54 Å². The van der Waals surface area contributed by atoms with Crippen LogP contribution in [0.2, 0.25) is 0 Å². The molecule has 1 heterocycles. The summed E-state index contributed by atoms with van der Waals surface area (Å²) < 4.78 is 5.64. The molecule has 110 valence electrons. The highest BCUT2D eigenvalue weighted by atomic mass is 16.5. The molecule has 5 heteroatoms. The van der Waals surface area contributed by atoms with Crippen LogP contribution in [0.25, 0.3) is 0 Å². The zero-order valence-electron chi connectivity index (χ0n) is 12.6. The van der Waals surface area contributed by atoms with Crippen LogP contribution in [0.5, 0.6) is 0 Å². The van der Waals surface area contributed by atoms with E-state index < -0.39 is 5.54 Å². The summed E-state index contributed by atoms with van der Waals surface area (Å²) in [5, 5.41) is 2.86. The molecular weight excluding hydrogens is 254 g/mol. The Morgan fingerprint density at radius 3 is 2.80 bits per heavy atom. The van der Waals surface area contributed by atoms with Crippen molar-refractivity contribution in [2.75, 3.05) is 11.9 Å². The van der Waals surface area contributed by atoms with Crippen LogP contribution in [0.15, 0.2) is 18.5 Å². The van der Waals surface area contributed by atoms with Crippen molar-refractivity contribution in [3.05, 3.63) is 24.0 Å². The Morgan fingerprint density at radius 1 is 1.55 bits per heavy atom. The Bertz CT molecular complexity index is 516. The monoisotopic (exact) mass is 277 g/mol. The lowest BCUT2D eigenvalue weighted by Crippen LogP contribution is -2.74. The maximum absolute atomic E-state index is 12.5. The van der Waals surface area contributed by atoms with E-state index in [1.807, 2.05) is 33.8 Å². The molecule has 1 fully saturated rings. The van der Waals surface area contributed by atoms with Crippen molar-refractivity contribution in [3.8, 4) is 0 Å². The summed E-state index contributed by atoms with van der Waals surface area (Å²) in [4.78, 5) is 16.5. The van der Waals surface area contributed by atoms with E-state index >= 15 is 0 Å². The molecule has 1 aliphatic carbocycles. The van der Waals surface area contributed by atoms with Crippen LogP contribution in [0.4, 0.5) is 5.69 Å². The second-order valence-corrected chi connectivity index (χ2v) is 6.05. The first kappa shape index (κ1) is 14.9. The van der Waals surface area contributed by atoms with Crippen molar-refractivity contribution in [3.63, 3.8) is 0 Å². The maximum atomic E-state index is 12.5. The summed E-state index contributed by atoms with van der Waals surface area (Å²) in [6.45, 7) is 8.47. The van der Waals surface area contributed by atoms with Gasteiger partial charge >= 0.3 is 0 Å². The zero-order valence-corrected chi connectivity index (χ0v) is 12.6. The molecule has 1 aromatic rings. The Morgan fingerprint density at radius 2 is 2.25 bits per heavy atom. The normalized spacial score (nSPS) is 27.8. The molecule has 0 bridgehead atoms. The average Bonchev–Trinajstić information content (AvgIpc) is 2.38. The van der Waals surface area contributed by atoms with Crippen LogP contribution in [0.3, 0.4) is 0 Å². The number of nitrogens with one attached hydrogen (secondary N) is 1. The third-order valence-corrected chi connectivity index (χ3v) is 4.37. The van der Waals surface area contributed by atoms with E-state index in [9.17, 15) is 4.79 Å². The van der Waals surface area contributed by atoms with E-state index in [2.05, 4.69) is 10.3 Å². The molecule has 5 nitrogen and oxygen atoms in total. The summed E-state index contributed by atoms with van der Waals surface area (Å²) in [5.41, 5.74) is 6.70. The molecule has 0 radical (unpaired) electrons. The van der Waals surface area contributed by atoms with Gasteiger partial charge in [-0.3, -0.25) is 9.78 Å². The van der Waals surface area contributed by atoms with E-state index in [1.165, 1.54) is 0 Å². The van der Waals surface area contributed by atoms with Crippen molar-refractivity contribution < 1.29 is 9.53 Å². The molecule has 2 unspecified atom stereocenters. The second kappa shape index (κ2) is 5.14. The number of anilines is 1. The molecule has 0 aromatic carbocycles. The number of aryl methyl sites for hydroxylation is 1. The van der Waals surface area contributed by atoms with Gasteiger partial charge in [-0.15, -0.1) is 0 Å². The minimum absolute atomic E-state index is 0.0267. The second-order valence-electron chi connectivity index (χ2n) is 6.05. The molecule has 20 heavy (non-hydrogen) atoms. The largest absolute Gasteiger partial charge is 0.378 e. The number of ether oxygens (including phenoxy) is 1. The van der Waals surface area contributed by atoms with Gasteiger partial charge in [0.05, 0.1) is 18.0 Å². The summed E-state index contributed by atoms with van der Waals surface area (Å²) >= 11 is 0. The molecule has 1 aromatic heterocycles. The minimum atomic E-state index is -0.906. The van der Waals surface area contributed by atoms with Crippen LogP contribution in [0.1, 0.15) is 32.8 Å². The number of nitrogens with zero attached hydrogens (tertiary/aromatic N) is 1. The number of aromatic nitrogens is 1. The van der Waals surface area contributed by atoms with Gasteiger partial charge in [-0.25, -0.2) is 0 Å². The number of pyridine rings is 1. The summed E-state index contributed by atoms with van der Waals surface area (Å²) in [6, 6.07) is 1.87. The van der Waals surface area contributed by atoms with E-state index in [0.29, 0.717) is 18.7 Å². The number of carbonyl (C=O) groups is 1. The molecule has 1 saturated carbocycles. The van der Waals surface area contributed by atoms with Crippen LogP contribution < -0.4 is 11.1 Å². The van der Waals surface area contributed by atoms with Gasteiger partial charge in [-0.1, -0.05) is 13.8 Å². The smallest absolute Gasteiger partial charge is 0.245 e. The molecule has 2 atom stereocenters. The quantitative estimate of drug-likeness (QED) is 0.880. The average molecular weight is 277 g/mol. The van der Waals surface area contributed by atoms with Crippen LogP contribution in [0, 0.1) is 12.3 Å². The molecular formula is C15H23N3O2. The highest BCUT2D eigenvalue weighted by Gasteiger charge is 2.62. The first-order chi connectivity index (χ1) is 9.31. The van der Waals surface area contributed by atoms with Gasteiger partial charge in [0, 0.05) is 24.6 Å². The Hall–Kier alpha value is -1.46. The standard InChI is InChI=1S/C15H23N3O2/c1-5-20-12-7-15(16,14(12,3)4)13(19)18-11-6-10(2)8-17-9-11/h6,8-9,12H,5,7,16H2,1-4H3,(H,18,19). The third-order valence-electron chi connectivity index (χ3n) is 4.37. The van der Waals surface area contributed by atoms with E-state index in [-0.39, 0.29) is 17.4 Å². The van der Waals surface area contributed by atoms with E-state index in [1.54, 1.807) is 12.4 Å². The van der Waals surface area contributed by atoms with Crippen molar-refractivity contribution in [1.82, 2.24) is 4.98 Å². The van der Waals surface area contributed by atoms with Crippen LogP contribution >= 0.6 is 0 Å². The van der Waals surface area contributed by atoms with Crippen LogP contribution in [-0.2, 0) is 9.53 Å². The Labute approximate surface area is 119 Å². The molecule has 3 N–H and O–H groups in total. The number of carbonyl (C=O) groups excluding carboxylic acids is 1. The number of rotatable bonds is 4. The van der Waals surface area contributed by atoms with Crippen molar-refractivity contribution in [2.24, 2.45) is 11.1 Å². The van der Waals surface area contributed by atoms with Gasteiger partial charge < -0.3 is 15.8 Å². The Balaban J connectivity index is 2.10. The van der Waals surface area contributed by atoms with Gasteiger partial charge in [0.25, 0.3) is 0 Å². The summed E-state index contributed by atoms with van der Waals surface area (Å²) in [7, 11) is 0. The van der Waals surface area contributed by atoms with Crippen molar-refractivity contribution in [2.45, 2.75) is 45.8 Å². The first-order valence-corrected chi connectivity index (χ1v) is 6.95. The summed E-state index contributed by atoms with van der Waals surface area (Å²) in [6.07, 6.45) is 3.93. The maximum Gasteiger partial charge on any atom is 0.245 e. The highest BCUT2D eigenvalue weighted by Crippen LogP contribution is 2.50. The van der Waals surface area contributed by atoms with E-state index in [4.69, 9.17) is 10.5 Å². The predicted octanol–water partition coefficient (Wildman–Crippen LogP) is 1.86.